The van der Waals surface area contributed by atoms with Crippen molar-refractivity contribution >= 4 is 33.2 Å². The molecule has 1 saturated heterocycles. The van der Waals surface area contributed by atoms with Gasteiger partial charge in [-0.05, 0) is 51.1 Å². The zero-order chi connectivity index (χ0) is 23.9. The van der Waals surface area contributed by atoms with Crippen LogP contribution in [0.3, 0.4) is 0 Å². The molecule has 7 nitrogen and oxygen atoms in total. The van der Waals surface area contributed by atoms with Crippen LogP contribution in [0, 0.1) is 6.92 Å². The fourth-order valence-corrected chi connectivity index (χ4v) is 5.25. The van der Waals surface area contributed by atoms with Crippen molar-refractivity contribution in [3.63, 3.8) is 0 Å². The van der Waals surface area contributed by atoms with Crippen molar-refractivity contribution < 1.29 is 17.9 Å². The number of rotatable bonds is 5. The van der Waals surface area contributed by atoms with E-state index < -0.39 is 11.7 Å². The molecule has 0 unspecified atom stereocenters. The lowest BCUT2D eigenvalue weighted by Gasteiger charge is -2.22. The van der Waals surface area contributed by atoms with Gasteiger partial charge in [-0.3, -0.25) is 4.68 Å². The molecule has 0 saturated carbocycles. The van der Waals surface area contributed by atoms with Crippen molar-refractivity contribution in [3.05, 3.63) is 47.2 Å². The van der Waals surface area contributed by atoms with Crippen LogP contribution >= 0.6 is 11.3 Å². The van der Waals surface area contributed by atoms with E-state index >= 15 is 0 Å². The number of piperidine rings is 1. The van der Waals surface area contributed by atoms with Gasteiger partial charge < -0.3 is 15.4 Å². The maximum absolute atomic E-state index is 13.2. The third kappa shape index (κ3) is 4.32. The highest BCUT2D eigenvalue weighted by Gasteiger charge is 2.32. The Hall–Kier alpha value is -3.18. The quantitative estimate of drug-likeness (QED) is 0.383. The summed E-state index contributed by atoms with van der Waals surface area (Å²) in [6.07, 6.45) is 3.01. The van der Waals surface area contributed by atoms with E-state index in [4.69, 9.17) is 9.72 Å². The summed E-state index contributed by atoms with van der Waals surface area (Å²) in [7, 11) is 1.37. The van der Waals surface area contributed by atoms with Crippen molar-refractivity contribution in [1.82, 2.24) is 25.1 Å². The van der Waals surface area contributed by atoms with Gasteiger partial charge in [0.15, 0.2) is 0 Å². The fourth-order valence-electron chi connectivity index (χ4n) is 4.26. The number of aryl methyl sites for hydroxylation is 1. The molecular formula is C23H23F3N6OS. The second-order valence-corrected chi connectivity index (χ2v) is 9.42. The Labute approximate surface area is 198 Å². The molecule has 0 atom stereocenters. The van der Waals surface area contributed by atoms with Crippen molar-refractivity contribution in [3.8, 4) is 16.9 Å². The standard InChI is InChI=1S/C23H23F3N6OS/c1-13-20(17-4-3-14(23(24,25)26)9-18(17)33-2)21-19(34-13)11-28-22(31-21)30-15-10-29-32(12-15)16-5-7-27-8-6-16/h3-4,9-12,16,27H,5-8H2,1-2H3,(H,28,30,31). The molecule has 34 heavy (non-hydrogen) atoms. The average molecular weight is 489 g/mol. The number of ether oxygens (including phenoxy) is 1. The fraction of sp³-hybridized carbons (Fsp3) is 0.348. The van der Waals surface area contributed by atoms with Gasteiger partial charge in [0.25, 0.3) is 0 Å². The zero-order valence-electron chi connectivity index (χ0n) is 18.6. The SMILES string of the molecule is COc1cc(C(F)(F)F)ccc1-c1c(C)sc2cnc(Nc3cnn(C4CCNCC4)c3)nc12. The third-order valence-corrected chi connectivity index (χ3v) is 6.97. The van der Waals surface area contributed by atoms with E-state index in [1.165, 1.54) is 24.5 Å². The molecule has 0 amide bonds. The first-order valence-electron chi connectivity index (χ1n) is 10.9. The van der Waals surface area contributed by atoms with E-state index in [0.717, 1.165) is 58.9 Å². The van der Waals surface area contributed by atoms with Crippen LogP contribution in [0.1, 0.15) is 29.3 Å². The predicted molar refractivity (Wildman–Crippen MR) is 126 cm³/mol. The van der Waals surface area contributed by atoms with Crippen LogP contribution < -0.4 is 15.4 Å². The van der Waals surface area contributed by atoms with E-state index in [0.29, 0.717) is 23.1 Å². The van der Waals surface area contributed by atoms with Crippen LogP contribution in [0.15, 0.2) is 36.8 Å². The van der Waals surface area contributed by atoms with Crippen LogP contribution in [-0.4, -0.2) is 39.9 Å². The molecule has 0 bridgehead atoms. The molecule has 2 N–H and O–H groups in total. The molecule has 11 heteroatoms. The number of halogens is 3. The van der Waals surface area contributed by atoms with E-state index in [2.05, 4.69) is 20.7 Å². The normalized spacial score (nSPS) is 15.1. The number of benzene rings is 1. The lowest BCUT2D eigenvalue weighted by atomic mass is 10.0. The second kappa shape index (κ2) is 8.88. The molecule has 5 rings (SSSR count). The number of hydrogen-bond donors (Lipinski definition) is 2. The smallest absolute Gasteiger partial charge is 0.416 e. The third-order valence-electron chi connectivity index (χ3n) is 5.95. The molecule has 4 heterocycles. The Morgan fingerprint density at radius 3 is 2.74 bits per heavy atom. The summed E-state index contributed by atoms with van der Waals surface area (Å²) in [5, 5.41) is 11.0. The Kier molecular flexibility index (Phi) is 5.90. The largest absolute Gasteiger partial charge is 0.496 e. The summed E-state index contributed by atoms with van der Waals surface area (Å²) in [6, 6.07) is 3.89. The highest BCUT2D eigenvalue weighted by molar-refractivity contribution is 7.19. The average Bonchev–Trinajstić information content (AvgIpc) is 3.42. The van der Waals surface area contributed by atoms with Crippen LogP contribution in [0.25, 0.3) is 21.3 Å². The number of thiophene rings is 1. The van der Waals surface area contributed by atoms with E-state index in [1.54, 1.807) is 12.4 Å². The molecular weight excluding hydrogens is 465 g/mol. The Bertz CT molecular complexity index is 1330. The van der Waals surface area contributed by atoms with Gasteiger partial charge in [-0.25, -0.2) is 9.97 Å². The molecule has 1 aromatic carbocycles. The number of hydrogen-bond acceptors (Lipinski definition) is 7. The van der Waals surface area contributed by atoms with Crippen LogP contribution in [0.5, 0.6) is 5.75 Å². The minimum atomic E-state index is -4.45. The van der Waals surface area contributed by atoms with Gasteiger partial charge in [0.1, 0.15) is 5.75 Å². The van der Waals surface area contributed by atoms with Gasteiger partial charge in [0.05, 0.1) is 47.0 Å². The summed E-state index contributed by atoms with van der Waals surface area (Å²) in [4.78, 5) is 10.0. The molecule has 1 fully saturated rings. The van der Waals surface area contributed by atoms with Gasteiger partial charge in [0.2, 0.25) is 5.95 Å². The van der Waals surface area contributed by atoms with Gasteiger partial charge >= 0.3 is 6.18 Å². The number of nitrogens with zero attached hydrogens (tertiary/aromatic N) is 4. The topological polar surface area (TPSA) is 76.9 Å². The highest BCUT2D eigenvalue weighted by atomic mass is 32.1. The number of anilines is 2. The lowest BCUT2D eigenvalue weighted by molar-refractivity contribution is -0.137. The first-order valence-corrected chi connectivity index (χ1v) is 11.7. The number of nitrogens with one attached hydrogen (secondary N) is 2. The second-order valence-electron chi connectivity index (χ2n) is 8.17. The minimum absolute atomic E-state index is 0.147. The number of methoxy groups -OCH3 is 1. The molecule has 178 valence electrons. The molecule has 3 aromatic heterocycles. The van der Waals surface area contributed by atoms with Gasteiger partial charge in [-0.2, -0.15) is 18.3 Å². The number of fused-ring (bicyclic) bond motifs is 1. The molecule has 0 spiro atoms. The van der Waals surface area contributed by atoms with Crippen LogP contribution in [-0.2, 0) is 6.18 Å². The predicted octanol–water partition coefficient (Wildman–Crippen LogP) is 5.56. The number of alkyl halides is 3. The summed E-state index contributed by atoms with van der Waals surface area (Å²) in [6.45, 7) is 3.86. The monoisotopic (exact) mass is 488 g/mol. The number of aromatic nitrogens is 4. The van der Waals surface area contributed by atoms with Gasteiger partial charge in [-0.1, -0.05) is 0 Å². The highest BCUT2D eigenvalue weighted by Crippen LogP contribution is 2.43. The van der Waals surface area contributed by atoms with Crippen molar-refractivity contribution in [2.75, 3.05) is 25.5 Å². The van der Waals surface area contributed by atoms with Crippen molar-refractivity contribution in [2.45, 2.75) is 32.0 Å². The summed E-state index contributed by atoms with van der Waals surface area (Å²) in [5.41, 5.74) is 1.97. The van der Waals surface area contributed by atoms with E-state index in [-0.39, 0.29) is 5.75 Å². The Balaban J connectivity index is 1.49. The first kappa shape index (κ1) is 22.6. The zero-order valence-corrected chi connectivity index (χ0v) is 19.4. The van der Waals surface area contributed by atoms with E-state index in [1.807, 2.05) is 17.8 Å². The lowest BCUT2D eigenvalue weighted by Crippen LogP contribution is -2.29. The Morgan fingerprint density at radius 1 is 1.21 bits per heavy atom. The molecule has 1 aliphatic heterocycles. The van der Waals surface area contributed by atoms with Crippen molar-refractivity contribution in [2.24, 2.45) is 0 Å². The van der Waals surface area contributed by atoms with Crippen LogP contribution in [0.4, 0.5) is 24.8 Å². The van der Waals surface area contributed by atoms with Gasteiger partial charge in [-0.15, -0.1) is 11.3 Å². The molecule has 4 aromatic rings. The summed E-state index contributed by atoms with van der Waals surface area (Å²) in [5.74, 6) is 0.538. The maximum atomic E-state index is 13.2. The van der Waals surface area contributed by atoms with Crippen LogP contribution in [0.2, 0.25) is 0 Å². The summed E-state index contributed by atoms with van der Waals surface area (Å²) < 4.78 is 47.7. The summed E-state index contributed by atoms with van der Waals surface area (Å²) >= 11 is 1.49. The maximum Gasteiger partial charge on any atom is 0.416 e. The first-order chi connectivity index (χ1) is 16.3. The molecule has 1 aliphatic rings. The van der Waals surface area contributed by atoms with E-state index in [9.17, 15) is 13.2 Å². The van der Waals surface area contributed by atoms with Gasteiger partial charge in [0, 0.05) is 22.2 Å². The Morgan fingerprint density at radius 2 is 2.00 bits per heavy atom. The molecule has 0 radical (unpaired) electrons. The van der Waals surface area contributed by atoms with Crippen molar-refractivity contribution in [1.29, 1.82) is 0 Å². The minimum Gasteiger partial charge on any atom is -0.496 e. The molecule has 0 aliphatic carbocycles.